The molecule has 1 heterocycles. The van der Waals surface area contributed by atoms with E-state index in [1.165, 1.54) is 0 Å². The molecular weight excluding hydrogens is 188 g/mol. The van der Waals surface area contributed by atoms with Gasteiger partial charge in [0.05, 0.1) is 12.3 Å². The summed E-state index contributed by atoms with van der Waals surface area (Å²) in [6.07, 6.45) is 1.81. The Kier molecular flexibility index (Phi) is 5.97. The molecule has 0 bridgehead atoms. The van der Waals surface area contributed by atoms with Gasteiger partial charge in [-0.2, -0.15) is 0 Å². The quantitative estimate of drug-likeness (QED) is 0.694. The van der Waals surface area contributed by atoms with Crippen molar-refractivity contribution in [3.05, 3.63) is 30.1 Å². The summed E-state index contributed by atoms with van der Waals surface area (Å²) in [5.41, 5.74) is 1.07. The fraction of sp³-hybridized carbons (Fsp3) is 0.583. The molecule has 0 aliphatic carbocycles. The Morgan fingerprint density at radius 1 is 1.40 bits per heavy atom. The molecule has 0 saturated carbocycles. The monoisotopic (exact) mass is 208 g/mol. The molecule has 0 saturated heterocycles. The number of hydrogen-bond donors (Lipinski definition) is 1. The van der Waals surface area contributed by atoms with Gasteiger partial charge in [0.1, 0.15) is 0 Å². The van der Waals surface area contributed by atoms with Gasteiger partial charge in [0.2, 0.25) is 0 Å². The Balaban J connectivity index is 1.98. The van der Waals surface area contributed by atoms with Gasteiger partial charge in [-0.25, -0.2) is 0 Å². The molecule has 0 aromatic carbocycles. The van der Waals surface area contributed by atoms with Crippen molar-refractivity contribution < 1.29 is 4.74 Å². The minimum absolute atomic E-state index is 0.612. The molecule has 0 aliphatic heterocycles. The smallest absolute Gasteiger partial charge is 0.0591 e. The van der Waals surface area contributed by atoms with Crippen LogP contribution >= 0.6 is 0 Å². The zero-order valence-electron chi connectivity index (χ0n) is 9.57. The Bertz CT molecular complexity index is 249. The molecule has 1 N–H and O–H groups in total. The third kappa shape index (κ3) is 6.20. The summed E-state index contributed by atoms with van der Waals surface area (Å²) in [5.74, 6) is 0.612. The Morgan fingerprint density at radius 2 is 2.27 bits per heavy atom. The highest BCUT2D eigenvalue weighted by atomic mass is 16.5. The maximum atomic E-state index is 5.45. The van der Waals surface area contributed by atoms with Gasteiger partial charge >= 0.3 is 0 Å². The molecule has 0 fully saturated rings. The molecule has 0 radical (unpaired) electrons. The van der Waals surface area contributed by atoms with Crippen LogP contribution in [0.1, 0.15) is 19.5 Å². The first-order valence-corrected chi connectivity index (χ1v) is 5.47. The van der Waals surface area contributed by atoms with Crippen LogP contribution in [-0.2, 0) is 11.3 Å². The summed E-state index contributed by atoms with van der Waals surface area (Å²) < 4.78 is 5.45. The summed E-state index contributed by atoms with van der Waals surface area (Å²) in [4.78, 5) is 4.22. The molecule has 0 atom stereocenters. The van der Waals surface area contributed by atoms with E-state index in [-0.39, 0.29) is 0 Å². The third-order valence-corrected chi connectivity index (χ3v) is 1.91. The van der Waals surface area contributed by atoms with Gasteiger partial charge in [-0.05, 0) is 18.1 Å². The number of aromatic nitrogens is 1. The van der Waals surface area contributed by atoms with Crippen molar-refractivity contribution in [3.8, 4) is 0 Å². The molecule has 0 unspecified atom stereocenters. The average molecular weight is 208 g/mol. The molecule has 1 rings (SSSR count). The molecule has 3 heteroatoms. The number of ether oxygens (including phenoxy) is 1. The van der Waals surface area contributed by atoms with Gasteiger partial charge in [0.25, 0.3) is 0 Å². The summed E-state index contributed by atoms with van der Waals surface area (Å²) in [6, 6.07) is 5.94. The maximum absolute atomic E-state index is 5.45. The maximum Gasteiger partial charge on any atom is 0.0591 e. The molecule has 0 aliphatic rings. The lowest BCUT2D eigenvalue weighted by molar-refractivity contribution is 0.111. The Hall–Kier alpha value is -0.930. The van der Waals surface area contributed by atoms with Gasteiger partial charge in [-0.15, -0.1) is 0 Å². The minimum Gasteiger partial charge on any atom is -0.380 e. The van der Waals surface area contributed by atoms with Crippen molar-refractivity contribution in [3.63, 3.8) is 0 Å². The van der Waals surface area contributed by atoms with E-state index in [1.54, 1.807) is 0 Å². The van der Waals surface area contributed by atoms with E-state index in [9.17, 15) is 0 Å². The van der Waals surface area contributed by atoms with E-state index in [2.05, 4.69) is 24.1 Å². The lowest BCUT2D eigenvalue weighted by Gasteiger charge is -2.07. The Labute approximate surface area is 91.9 Å². The van der Waals surface area contributed by atoms with Crippen molar-refractivity contribution >= 4 is 0 Å². The van der Waals surface area contributed by atoms with Crippen molar-refractivity contribution in [1.82, 2.24) is 10.3 Å². The first-order valence-electron chi connectivity index (χ1n) is 5.47. The second-order valence-corrected chi connectivity index (χ2v) is 3.97. The first kappa shape index (κ1) is 12.1. The number of nitrogens with zero attached hydrogens (tertiary/aromatic N) is 1. The zero-order valence-corrected chi connectivity index (χ0v) is 9.57. The van der Waals surface area contributed by atoms with E-state index in [4.69, 9.17) is 4.74 Å². The minimum atomic E-state index is 0.612. The summed E-state index contributed by atoms with van der Waals surface area (Å²) >= 11 is 0. The molecule has 1 aromatic heterocycles. The van der Waals surface area contributed by atoms with Crippen LogP contribution in [0.15, 0.2) is 24.4 Å². The highest BCUT2D eigenvalue weighted by Crippen LogP contribution is 1.93. The highest BCUT2D eigenvalue weighted by molar-refractivity contribution is 5.02. The normalized spacial score (nSPS) is 10.9. The van der Waals surface area contributed by atoms with Crippen molar-refractivity contribution in [2.45, 2.75) is 20.4 Å². The summed E-state index contributed by atoms with van der Waals surface area (Å²) in [6.45, 7) is 7.61. The van der Waals surface area contributed by atoms with Gasteiger partial charge in [0.15, 0.2) is 0 Å². The fourth-order valence-corrected chi connectivity index (χ4v) is 1.18. The predicted molar refractivity (Wildman–Crippen MR) is 61.6 cm³/mol. The largest absolute Gasteiger partial charge is 0.380 e. The topological polar surface area (TPSA) is 34.1 Å². The van der Waals surface area contributed by atoms with Gasteiger partial charge in [0, 0.05) is 25.9 Å². The lowest BCUT2D eigenvalue weighted by atomic mass is 10.2. The van der Waals surface area contributed by atoms with Crippen LogP contribution in [-0.4, -0.2) is 24.7 Å². The molecule has 15 heavy (non-hydrogen) atoms. The molecule has 1 aromatic rings. The number of nitrogens with one attached hydrogen (secondary N) is 1. The molecule has 0 amide bonds. The number of hydrogen-bond acceptors (Lipinski definition) is 3. The molecule has 3 nitrogen and oxygen atoms in total. The van der Waals surface area contributed by atoms with E-state index in [1.807, 2.05) is 24.4 Å². The second-order valence-electron chi connectivity index (χ2n) is 3.97. The van der Waals surface area contributed by atoms with Crippen LogP contribution in [0, 0.1) is 5.92 Å². The standard InChI is InChI=1S/C12H20N2O/c1-11(2)10-15-8-7-13-9-12-5-3-4-6-14-12/h3-6,11,13H,7-10H2,1-2H3. The summed E-state index contributed by atoms with van der Waals surface area (Å²) in [7, 11) is 0. The SMILES string of the molecule is CC(C)COCCNCc1ccccn1. The highest BCUT2D eigenvalue weighted by Gasteiger charge is 1.94. The van der Waals surface area contributed by atoms with Crippen LogP contribution < -0.4 is 5.32 Å². The third-order valence-electron chi connectivity index (χ3n) is 1.91. The number of rotatable bonds is 7. The van der Waals surface area contributed by atoms with Crippen LogP contribution in [0.5, 0.6) is 0 Å². The van der Waals surface area contributed by atoms with Gasteiger partial charge in [-0.1, -0.05) is 19.9 Å². The molecular formula is C12H20N2O. The molecule has 84 valence electrons. The van der Waals surface area contributed by atoms with Crippen LogP contribution in [0.25, 0.3) is 0 Å². The van der Waals surface area contributed by atoms with E-state index < -0.39 is 0 Å². The van der Waals surface area contributed by atoms with Crippen molar-refractivity contribution in [1.29, 1.82) is 0 Å². The Morgan fingerprint density at radius 3 is 2.93 bits per heavy atom. The molecule has 0 spiro atoms. The van der Waals surface area contributed by atoms with Gasteiger partial charge in [-0.3, -0.25) is 4.98 Å². The zero-order chi connectivity index (χ0) is 10.9. The predicted octanol–water partition coefficient (Wildman–Crippen LogP) is 1.84. The van der Waals surface area contributed by atoms with Crippen LogP contribution in [0.3, 0.4) is 0 Å². The first-order chi connectivity index (χ1) is 7.29. The van der Waals surface area contributed by atoms with E-state index in [0.29, 0.717) is 5.92 Å². The van der Waals surface area contributed by atoms with Crippen molar-refractivity contribution in [2.24, 2.45) is 5.92 Å². The summed E-state index contributed by atoms with van der Waals surface area (Å²) in [5, 5.41) is 3.29. The van der Waals surface area contributed by atoms with Crippen molar-refractivity contribution in [2.75, 3.05) is 19.8 Å². The van der Waals surface area contributed by atoms with E-state index >= 15 is 0 Å². The second kappa shape index (κ2) is 7.37. The van der Waals surface area contributed by atoms with Crippen LogP contribution in [0.4, 0.5) is 0 Å². The lowest BCUT2D eigenvalue weighted by Crippen LogP contribution is -2.20. The van der Waals surface area contributed by atoms with Gasteiger partial charge < -0.3 is 10.1 Å². The fourth-order valence-electron chi connectivity index (χ4n) is 1.18. The van der Waals surface area contributed by atoms with Crippen LogP contribution in [0.2, 0.25) is 0 Å². The van der Waals surface area contributed by atoms with E-state index in [0.717, 1.165) is 32.0 Å². The number of pyridine rings is 1. The average Bonchev–Trinajstić information content (AvgIpc) is 2.24.